The summed E-state index contributed by atoms with van der Waals surface area (Å²) in [6.45, 7) is 8.09. The molecule has 2 heterocycles. The Hall–Kier alpha value is -1.87. The predicted octanol–water partition coefficient (Wildman–Crippen LogP) is 2.00. The number of hydrogen-bond acceptors (Lipinski definition) is 5. The highest BCUT2D eigenvalue weighted by Gasteiger charge is 2.11. The molecule has 0 radical (unpaired) electrons. The highest BCUT2D eigenvalue weighted by molar-refractivity contribution is 6.35. The third kappa shape index (κ3) is 6.57. The van der Waals surface area contributed by atoms with Crippen molar-refractivity contribution in [3.05, 3.63) is 45.5 Å². The Balaban J connectivity index is 1.61. The summed E-state index contributed by atoms with van der Waals surface area (Å²) in [6, 6.07) is 5.44. The van der Waals surface area contributed by atoms with Gasteiger partial charge in [0.1, 0.15) is 5.82 Å². The van der Waals surface area contributed by atoms with Gasteiger partial charge in [0.2, 0.25) is 0 Å². The number of nitrogens with one attached hydrogen (secondary N) is 2. The van der Waals surface area contributed by atoms with Gasteiger partial charge in [0.25, 0.3) is 0 Å². The molecular formula is C19H27Cl2N7O. The van der Waals surface area contributed by atoms with Crippen molar-refractivity contribution in [1.82, 2.24) is 30.3 Å². The van der Waals surface area contributed by atoms with E-state index in [-0.39, 0.29) is 0 Å². The van der Waals surface area contributed by atoms with Crippen LogP contribution in [0.2, 0.25) is 10.0 Å². The first-order chi connectivity index (χ1) is 14.0. The Morgan fingerprint density at radius 3 is 2.69 bits per heavy atom. The topological polar surface area (TPSA) is 79.6 Å². The molecule has 0 aliphatic carbocycles. The van der Waals surface area contributed by atoms with E-state index in [4.69, 9.17) is 27.9 Å². The summed E-state index contributed by atoms with van der Waals surface area (Å²) in [6.07, 6.45) is 0. The third-order valence-corrected chi connectivity index (χ3v) is 5.43. The molecule has 3 rings (SSSR count). The first-order valence-electron chi connectivity index (χ1n) is 9.64. The molecule has 1 aliphatic rings. The van der Waals surface area contributed by atoms with Crippen LogP contribution in [0.5, 0.6) is 0 Å². The Kier molecular flexibility index (Phi) is 8.11. The number of ether oxygens (including phenoxy) is 1. The third-order valence-electron chi connectivity index (χ3n) is 4.84. The molecule has 1 aromatic carbocycles. The van der Waals surface area contributed by atoms with E-state index in [1.165, 1.54) is 0 Å². The van der Waals surface area contributed by atoms with Crippen molar-refractivity contribution in [3.8, 4) is 0 Å². The molecule has 1 fully saturated rings. The van der Waals surface area contributed by atoms with Gasteiger partial charge in [-0.3, -0.25) is 4.90 Å². The van der Waals surface area contributed by atoms with Crippen LogP contribution in [0.15, 0.2) is 23.2 Å². The van der Waals surface area contributed by atoms with Gasteiger partial charge in [-0.2, -0.15) is 0 Å². The van der Waals surface area contributed by atoms with E-state index in [0.717, 1.165) is 56.6 Å². The normalized spacial score (nSPS) is 15.5. The van der Waals surface area contributed by atoms with Gasteiger partial charge < -0.3 is 19.9 Å². The fraction of sp³-hybridized carbons (Fsp3) is 0.526. The van der Waals surface area contributed by atoms with Crippen molar-refractivity contribution in [1.29, 1.82) is 0 Å². The molecule has 0 bridgehead atoms. The molecule has 158 valence electrons. The largest absolute Gasteiger partial charge is 0.379 e. The van der Waals surface area contributed by atoms with Crippen molar-refractivity contribution in [2.75, 3.05) is 39.4 Å². The quantitative estimate of drug-likeness (QED) is 0.507. The molecule has 0 saturated carbocycles. The lowest BCUT2D eigenvalue weighted by atomic mass is 10.2. The number of guanidine groups is 1. The van der Waals surface area contributed by atoms with Crippen molar-refractivity contribution in [2.45, 2.75) is 20.0 Å². The van der Waals surface area contributed by atoms with Crippen LogP contribution < -0.4 is 10.6 Å². The molecule has 10 heteroatoms. The first kappa shape index (κ1) is 21.8. The molecule has 0 spiro atoms. The SMILES string of the molecule is Cc1nnc(CNC(=NCc2ccc(Cl)cc2Cl)NCCN2CCOCC2)n1C. The van der Waals surface area contributed by atoms with E-state index in [9.17, 15) is 0 Å². The number of halogens is 2. The number of morpholine rings is 1. The fourth-order valence-corrected chi connectivity index (χ4v) is 3.38. The summed E-state index contributed by atoms with van der Waals surface area (Å²) in [5.41, 5.74) is 0.917. The molecule has 2 N–H and O–H groups in total. The maximum absolute atomic E-state index is 6.28. The molecule has 1 aliphatic heterocycles. The zero-order valence-corrected chi connectivity index (χ0v) is 18.3. The number of nitrogens with zero attached hydrogens (tertiary/aromatic N) is 5. The number of rotatable bonds is 7. The minimum Gasteiger partial charge on any atom is -0.379 e. The number of hydrogen-bond donors (Lipinski definition) is 2. The molecule has 29 heavy (non-hydrogen) atoms. The van der Waals surface area contributed by atoms with E-state index in [0.29, 0.717) is 29.1 Å². The van der Waals surface area contributed by atoms with Gasteiger partial charge >= 0.3 is 0 Å². The van der Waals surface area contributed by atoms with Gasteiger partial charge in [0, 0.05) is 43.3 Å². The average Bonchev–Trinajstić information content (AvgIpc) is 3.03. The average molecular weight is 440 g/mol. The van der Waals surface area contributed by atoms with E-state index in [1.807, 2.05) is 30.7 Å². The first-order valence-corrected chi connectivity index (χ1v) is 10.4. The second-order valence-corrected chi connectivity index (χ2v) is 7.70. The summed E-state index contributed by atoms with van der Waals surface area (Å²) in [5.74, 6) is 2.41. The zero-order valence-electron chi connectivity index (χ0n) is 16.8. The minimum atomic E-state index is 0.445. The molecule has 0 unspecified atom stereocenters. The molecular weight excluding hydrogens is 413 g/mol. The molecule has 0 atom stereocenters. The van der Waals surface area contributed by atoms with Gasteiger partial charge in [-0.15, -0.1) is 10.2 Å². The van der Waals surface area contributed by atoms with E-state index in [1.54, 1.807) is 6.07 Å². The smallest absolute Gasteiger partial charge is 0.192 e. The standard InChI is InChI=1S/C19H27Cl2N7O/c1-14-25-26-18(27(14)2)13-24-19(22-5-6-28-7-9-29-10-8-28)23-12-15-3-4-16(20)11-17(15)21/h3-4,11H,5-10,12-13H2,1-2H3,(H2,22,23,24). The number of aromatic nitrogens is 3. The monoisotopic (exact) mass is 439 g/mol. The van der Waals surface area contributed by atoms with E-state index < -0.39 is 0 Å². The molecule has 0 amide bonds. The van der Waals surface area contributed by atoms with Crippen LogP contribution in [-0.2, 0) is 24.9 Å². The highest BCUT2D eigenvalue weighted by atomic mass is 35.5. The van der Waals surface area contributed by atoms with Gasteiger partial charge in [-0.1, -0.05) is 29.3 Å². The molecule has 8 nitrogen and oxygen atoms in total. The summed E-state index contributed by atoms with van der Waals surface area (Å²) in [4.78, 5) is 7.06. The van der Waals surface area contributed by atoms with Gasteiger partial charge in [0.05, 0.1) is 26.3 Å². The van der Waals surface area contributed by atoms with E-state index in [2.05, 4.69) is 30.7 Å². The van der Waals surface area contributed by atoms with Crippen LogP contribution in [0.4, 0.5) is 0 Å². The lowest BCUT2D eigenvalue weighted by Gasteiger charge is -2.26. The van der Waals surface area contributed by atoms with Crippen molar-refractivity contribution in [3.63, 3.8) is 0 Å². The summed E-state index contributed by atoms with van der Waals surface area (Å²) in [7, 11) is 1.95. The molecule has 1 saturated heterocycles. The van der Waals surface area contributed by atoms with Gasteiger partial charge in [0.15, 0.2) is 11.8 Å². The van der Waals surface area contributed by atoms with Crippen molar-refractivity contribution >= 4 is 29.2 Å². The van der Waals surface area contributed by atoms with Crippen molar-refractivity contribution < 1.29 is 4.74 Å². The lowest BCUT2D eigenvalue weighted by Crippen LogP contribution is -2.44. The maximum atomic E-state index is 6.28. The highest BCUT2D eigenvalue weighted by Crippen LogP contribution is 2.21. The predicted molar refractivity (Wildman–Crippen MR) is 115 cm³/mol. The second-order valence-electron chi connectivity index (χ2n) is 6.86. The summed E-state index contributed by atoms with van der Waals surface area (Å²) >= 11 is 12.3. The van der Waals surface area contributed by atoms with Gasteiger partial charge in [-0.05, 0) is 24.6 Å². The number of benzene rings is 1. The van der Waals surface area contributed by atoms with Crippen LogP contribution in [0.25, 0.3) is 0 Å². The van der Waals surface area contributed by atoms with Crippen LogP contribution in [0.1, 0.15) is 17.2 Å². The van der Waals surface area contributed by atoms with E-state index >= 15 is 0 Å². The molecule has 2 aromatic rings. The van der Waals surface area contributed by atoms with Crippen LogP contribution in [0.3, 0.4) is 0 Å². The Labute approximate surface area is 181 Å². The van der Waals surface area contributed by atoms with Crippen LogP contribution in [0, 0.1) is 6.92 Å². The fourth-order valence-electron chi connectivity index (χ4n) is 2.91. The summed E-state index contributed by atoms with van der Waals surface area (Å²) in [5, 5.41) is 16.2. The number of aryl methyl sites for hydroxylation is 1. The lowest BCUT2D eigenvalue weighted by molar-refractivity contribution is 0.0389. The Bertz CT molecular complexity index is 834. The Morgan fingerprint density at radius 2 is 2.00 bits per heavy atom. The second kappa shape index (κ2) is 10.8. The zero-order chi connectivity index (χ0) is 20.6. The van der Waals surface area contributed by atoms with Crippen LogP contribution >= 0.6 is 23.2 Å². The maximum Gasteiger partial charge on any atom is 0.192 e. The van der Waals surface area contributed by atoms with Crippen LogP contribution in [-0.4, -0.2) is 65.0 Å². The van der Waals surface area contributed by atoms with Crippen molar-refractivity contribution in [2.24, 2.45) is 12.0 Å². The minimum absolute atomic E-state index is 0.445. The molecule has 1 aromatic heterocycles. The number of aliphatic imine (C=N–C) groups is 1. The Morgan fingerprint density at radius 1 is 1.21 bits per heavy atom. The summed E-state index contributed by atoms with van der Waals surface area (Å²) < 4.78 is 7.35. The van der Waals surface area contributed by atoms with Gasteiger partial charge in [-0.25, -0.2) is 4.99 Å².